The van der Waals surface area contributed by atoms with Crippen molar-refractivity contribution in [3.8, 4) is 11.5 Å². The van der Waals surface area contributed by atoms with Gasteiger partial charge in [-0.1, -0.05) is 30.3 Å². The zero-order chi connectivity index (χ0) is 17.8. The molecule has 2 atom stereocenters. The minimum atomic E-state index is -0.516. The fourth-order valence-corrected chi connectivity index (χ4v) is 3.37. The third-order valence-corrected chi connectivity index (χ3v) is 4.61. The third-order valence-electron chi connectivity index (χ3n) is 4.61. The van der Waals surface area contributed by atoms with Crippen LogP contribution in [-0.4, -0.2) is 42.8 Å². The maximum atomic E-state index is 12.9. The molecule has 0 aliphatic carbocycles. The van der Waals surface area contributed by atoms with Crippen molar-refractivity contribution >= 4 is 5.91 Å². The molecule has 2 aromatic carbocycles. The highest BCUT2D eigenvalue weighted by Gasteiger charge is 2.35. The molecular weight excluding hydrogens is 318 g/mol. The number of carbonyl (C=O) groups excluding carboxylic acids is 1. The predicted octanol–water partition coefficient (Wildman–Crippen LogP) is 2.58. The lowest BCUT2D eigenvalue weighted by atomic mass is 10.0. The summed E-state index contributed by atoms with van der Waals surface area (Å²) in [6, 6.07) is 15.0. The van der Waals surface area contributed by atoms with Gasteiger partial charge in [0.25, 0.3) is 0 Å². The second-order valence-electron chi connectivity index (χ2n) is 6.22. The molecule has 1 aliphatic heterocycles. The van der Waals surface area contributed by atoms with E-state index in [-0.39, 0.29) is 18.4 Å². The number of amides is 1. The molecular formula is C20H23NO4. The number of para-hydroxylation sites is 1. The zero-order valence-electron chi connectivity index (χ0n) is 14.5. The van der Waals surface area contributed by atoms with Crippen molar-refractivity contribution in [2.24, 2.45) is 0 Å². The summed E-state index contributed by atoms with van der Waals surface area (Å²) in [6.07, 6.45) is 0.264. The zero-order valence-corrected chi connectivity index (χ0v) is 14.5. The number of β-amino-alcohol motifs (C(OH)–C–C–N with tert-alkyl or cyclic N) is 1. The monoisotopic (exact) mass is 341 g/mol. The number of likely N-dealkylation sites (tertiary alicyclic amines) is 1. The SMILES string of the molecule is COc1cccc([C@@H]2C[C@@H](O)CN2C(=O)Cc2ccccc2OC)c1. The Kier molecular flexibility index (Phi) is 5.24. The van der Waals surface area contributed by atoms with E-state index in [0.29, 0.717) is 18.7 Å². The Hall–Kier alpha value is -2.53. The van der Waals surface area contributed by atoms with E-state index in [1.54, 1.807) is 19.1 Å². The van der Waals surface area contributed by atoms with Crippen LogP contribution in [0.25, 0.3) is 0 Å². The van der Waals surface area contributed by atoms with E-state index in [2.05, 4.69) is 0 Å². The number of aliphatic hydroxyl groups is 1. The highest BCUT2D eigenvalue weighted by Crippen LogP contribution is 2.34. The van der Waals surface area contributed by atoms with Gasteiger partial charge in [-0.15, -0.1) is 0 Å². The van der Waals surface area contributed by atoms with Crippen LogP contribution in [0, 0.1) is 0 Å². The lowest BCUT2D eigenvalue weighted by Gasteiger charge is -2.25. The molecule has 3 rings (SSSR count). The second kappa shape index (κ2) is 7.57. The van der Waals surface area contributed by atoms with Crippen molar-refractivity contribution in [2.45, 2.75) is 25.0 Å². The van der Waals surface area contributed by atoms with Gasteiger partial charge in [0.1, 0.15) is 11.5 Å². The molecule has 1 heterocycles. The minimum absolute atomic E-state index is 0.0196. The number of aliphatic hydroxyl groups excluding tert-OH is 1. The molecule has 25 heavy (non-hydrogen) atoms. The van der Waals surface area contributed by atoms with E-state index < -0.39 is 6.10 Å². The first-order valence-corrected chi connectivity index (χ1v) is 8.35. The predicted molar refractivity (Wildman–Crippen MR) is 94.8 cm³/mol. The molecule has 0 spiro atoms. The lowest BCUT2D eigenvalue weighted by molar-refractivity contribution is -0.131. The first-order valence-electron chi connectivity index (χ1n) is 8.35. The van der Waals surface area contributed by atoms with Gasteiger partial charge in [-0.3, -0.25) is 4.79 Å². The van der Waals surface area contributed by atoms with Crippen LogP contribution in [0.1, 0.15) is 23.6 Å². The maximum absolute atomic E-state index is 12.9. The van der Waals surface area contributed by atoms with Crippen LogP contribution >= 0.6 is 0 Å². The van der Waals surface area contributed by atoms with Crippen LogP contribution < -0.4 is 9.47 Å². The Labute approximate surface area is 147 Å². The number of nitrogens with zero attached hydrogens (tertiary/aromatic N) is 1. The number of hydrogen-bond donors (Lipinski definition) is 1. The van der Waals surface area contributed by atoms with Crippen molar-refractivity contribution in [1.82, 2.24) is 4.90 Å². The van der Waals surface area contributed by atoms with Gasteiger partial charge in [0.05, 0.1) is 32.8 Å². The quantitative estimate of drug-likeness (QED) is 0.908. The van der Waals surface area contributed by atoms with Gasteiger partial charge < -0.3 is 19.5 Å². The van der Waals surface area contributed by atoms with E-state index in [1.165, 1.54) is 0 Å². The highest BCUT2D eigenvalue weighted by atomic mass is 16.5. The van der Waals surface area contributed by atoms with Gasteiger partial charge in [-0.2, -0.15) is 0 Å². The van der Waals surface area contributed by atoms with Crippen molar-refractivity contribution < 1.29 is 19.4 Å². The number of benzene rings is 2. The Bertz CT molecular complexity index is 746. The van der Waals surface area contributed by atoms with Crippen LogP contribution in [0.4, 0.5) is 0 Å². The third kappa shape index (κ3) is 3.77. The smallest absolute Gasteiger partial charge is 0.227 e. The molecule has 5 nitrogen and oxygen atoms in total. The Morgan fingerprint density at radius 2 is 1.96 bits per heavy atom. The van der Waals surface area contributed by atoms with E-state index in [9.17, 15) is 9.90 Å². The van der Waals surface area contributed by atoms with Crippen LogP contribution in [0.2, 0.25) is 0 Å². The standard InChI is InChI=1S/C20H23NO4/c1-24-17-8-5-7-14(10-17)18-12-16(22)13-21(18)20(23)11-15-6-3-4-9-19(15)25-2/h3-10,16,18,22H,11-13H2,1-2H3/t16-,18+/m1/s1. The average molecular weight is 341 g/mol. The molecule has 0 aromatic heterocycles. The largest absolute Gasteiger partial charge is 0.497 e. The molecule has 2 aromatic rings. The fourth-order valence-electron chi connectivity index (χ4n) is 3.37. The van der Waals surface area contributed by atoms with Crippen molar-refractivity contribution in [2.75, 3.05) is 20.8 Å². The summed E-state index contributed by atoms with van der Waals surface area (Å²) in [4.78, 5) is 14.7. The molecule has 1 amide bonds. The molecule has 0 unspecified atom stereocenters. The van der Waals surface area contributed by atoms with E-state index >= 15 is 0 Å². The van der Waals surface area contributed by atoms with Crippen LogP contribution in [0.5, 0.6) is 11.5 Å². The molecule has 0 radical (unpaired) electrons. The molecule has 132 valence electrons. The van der Waals surface area contributed by atoms with Crippen LogP contribution in [0.3, 0.4) is 0 Å². The number of rotatable bonds is 5. The van der Waals surface area contributed by atoms with Gasteiger partial charge in [0.15, 0.2) is 0 Å². The second-order valence-corrected chi connectivity index (χ2v) is 6.22. The fraction of sp³-hybridized carbons (Fsp3) is 0.350. The molecule has 1 fully saturated rings. The summed E-state index contributed by atoms with van der Waals surface area (Å²) in [5, 5.41) is 10.1. The molecule has 1 saturated heterocycles. The number of carbonyl (C=O) groups is 1. The van der Waals surface area contributed by atoms with Gasteiger partial charge in [0.2, 0.25) is 5.91 Å². The van der Waals surface area contributed by atoms with Crippen molar-refractivity contribution in [3.63, 3.8) is 0 Å². The first kappa shape index (κ1) is 17.3. The highest BCUT2D eigenvalue weighted by molar-refractivity contribution is 5.80. The normalized spacial score (nSPS) is 19.7. The average Bonchev–Trinajstić information content (AvgIpc) is 3.04. The van der Waals surface area contributed by atoms with Crippen LogP contribution in [0.15, 0.2) is 48.5 Å². The summed E-state index contributed by atoms with van der Waals surface area (Å²) in [7, 11) is 3.22. The summed E-state index contributed by atoms with van der Waals surface area (Å²) in [5.41, 5.74) is 1.82. The number of ether oxygens (including phenoxy) is 2. The van der Waals surface area contributed by atoms with Crippen molar-refractivity contribution in [1.29, 1.82) is 0 Å². The maximum Gasteiger partial charge on any atom is 0.227 e. The van der Waals surface area contributed by atoms with E-state index in [4.69, 9.17) is 9.47 Å². The first-order chi connectivity index (χ1) is 12.1. The summed E-state index contributed by atoms with van der Waals surface area (Å²) in [5.74, 6) is 1.43. The summed E-state index contributed by atoms with van der Waals surface area (Å²) >= 11 is 0. The van der Waals surface area contributed by atoms with Gasteiger partial charge in [0, 0.05) is 12.1 Å². The molecule has 1 aliphatic rings. The Morgan fingerprint density at radius 1 is 1.16 bits per heavy atom. The van der Waals surface area contributed by atoms with E-state index in [0.717, 1.165) is 16.9 Å². The van der Waals surface area contributed by atoms with Gasteiger partial charge in [-0.05, 0) is 30.2 Å². The Morgan fingerprint density at radius 3 is 2.72 bits per heavy atom. The topological polar surface area (TPSA) is 59.0 Å². The molecule has 0 saturated carbocycles. The molecule has 5 heteroatoms. The van der Waals surface area contributed by atoms with Gasteiger partial charge >= 0.3 is 0 Å². The van der Waals surface area contributed by atoms with Gasteiger partial charge in [-0.25, -0.2) is 0 Å². The number of hydrogen-bond acceptors (Lipinski definition) is 4. The number of methoxy groups -OCH3 is 2. The molecule has 0 bridgehead atoms. The molecule has 1 N–H and O–H groups in total. The Balaban J connectivity index is 1.82. The summed E-state index contributed by atoms with van der Waals surface area (Å²) in [6.45, 7) is 0.343. The minimum Gasteiger partial charge on any atom is -0.497 e. The van der Waals surface area contributed by atoms with Crippen LogP contribution in [-0.2, 0) is 11.2 Å². The van der Waals surface area contributed by atoms with Crippen molar-refractivity contribution in [3.05, 3.63) is 59.7 Å². The van der Waals surface area contributed by atoms with E-state index in [1.807, 2.05) is 48.5 Å². The summed E-state index contributed by atoms with van der Waals surface area (Å²) < 4.78 is 10.6. The lowest BCUT2D eigenvalue weighted by Crippen LogP contribution is -2.33.